The first-order valence-electron chi connectivity index (χ1n) is 3.90. The summed E-state index contributed by atoms with van der Waals surface area (Å²) in [5.41, 5.74) is 3.21. The molecule has 1 atom stereocenters. The molecule has 0 fully saturated rings. The van der Waals surface area contributed by atoms with Crippen molar-refractivity contribution in [3.05, 3.63) is 11.3 Å². The van der Waals surface area contributed by atoms with E-state index in [9.17, 15) is 0 Å². The quantitative estimate of drug-likeness (QED) is 0.543. The van der Waals surface area contributed by atoms with Crippen LogP contribution >= 0.6 is 0 Å². The zero-order valence-electron chi connectivity index (χ0n) is 7.58. The average Bonchev–Trinajstić information content (AvgIpc) is 1.97. The van der Waals surface area contributed by atoms with Crippen molar-refractivity contribution < 1.29 is 0 Å². The highest BCUT2D eigenvalue weighted by Crippen LogP contribution is 2.36. The van der Waals surface area contributed by atoms with Crippen LogP contribution in [0.1, 0.15) is 34.6 Å². The highest BCUT2D eigenvalue weighted by Gasteiger charge is 2.33. The van der Waals surface area contributed by atoms with Crippen molar-refractivity contribution in [1.29, 1.82) is 0 Å². The van der Waals surface area contributed by atoms with E-state index < -0.39 is 0 Å². The Bertz CT molecular complexity index is 177. The Morgan fingerprint density at radius 2 is 1.80 bits per heavy atom. The minimum absolute atomic E-state index is 0.351. The third-order valence-electron chi connectivity index (χ3n) is 3.04. The lowest BCUT2D eigenvalue weighted by Gasteiger charge is -2.25. The van der Waals surface area contributed by atoms with Gasteiger partial charge in [0.25, 0.3) is 0 Å². The Morgan fingerprint density at radius 1 is 1.30 bits per heavy atom. The zero-order valence-corrected chi connectivity index (χ0v) is 7.58. The van der Waals surface area contributed by atoms with Gasteiger partial charge < -0.3 is 5.32 Å². The van der Waals surface area contributed by atoms with Gasteiger partial charge in [-0.1, -0.05) is 13.8 Å². The van der Waals surface area contributed by atoms with Gasteiger partial charge in [-0.25, -0.2) is 0 Å². The number of allylic oxidation sites excluding steroid dienone is 1. The normalized spacial score (nSPS) is 30.7. The molecule has 0 aliphatic carbocycles. The van der Waals surface area contributed by atoms with Gasteiger partial charge in [0, 0.05) is 17.2 Å². The molecule has 0 aromatic carbocycles. The summed E-state index contributed by atoms with van der Waals surface area (Å²) in [6, 6.07) is 0.590. The lowest BCUT2D eigenvalue weighted by atomic mass is 9.81. The number of hydrogen-bond donors (Lipinski definition) is 1. The summed E-state index contributed by atoms with van der Waals surface area (Å²) < 4.78 is 0. The van der Waals surface area contributed by atoms with Gasteiger partial charge in [-0.3, -0.25) is 0 Å². The molecule has 1 aliphatic heterocycles. The van der Waals surface area contributed by atoms with Crippen LogP contribution in [0.4, 0.5) is 0 Å². The standard InChI is InChI=1S/C9H17N/c1-6-7(2)10-8(3)9(6,4)5/h8,10H,1-5H3. The Morgan fingerprint density at radius 3 is 1.90 bits per heavy atom. The van der Waals surface area contributed by atoms with Crippen LogP contribution in [-0.4, -0.2) is 6.04 Å². The van der Waals surface area contributed by atoms with Crippen molar-refractivity contribution >= 4 is 0 Å². The van der Waals surface area contributed by atoms with Crippen molar-refractivity contribution in [3.8, 4) is 0 Å². The van der Waals surface area contributed by atoms with Gasteiger partial charge >= 0.3 is 0 Å². The van der Waals surface area contributed by atoms with Crippen LogP contribution in [0.25, 0.3) is 0 Å². The van der Waals surface area contributed by atoms with Gasteiger partial charge in [-0.15, -0.1) is 0 Å². The number of rotatable bonds is 0. The highest BCUT2D eigenvalue weighted by molar-refractivity contribution is 5.25. The molecular formula is C9H17N. The summed E-state index contributed by atoms with van der Waals surface area (Å²) >= 11 is 0. The molecule has 10 heavy (non-hydrogen) atoms. The first-order chi connectivity index (χ1) is 4.46. The van der Waals surface area contributed by atoms with Gasteiger partial charge in [-0.05, 0) is 26.3 Å². The Hall–Kier alpha value is -0.460. The topological polar surface area (TPSA) is 12.0 Å². The molecule has 1 rings (SSSR count). The van der Waals surface area contributed by atoms with Gasteiger partial charge in [0.1, 0.15) is 0 Å². The van der Waals surface area contributed by atoms with Gasteiger partial charge in [0.05, 0.1) is 0 Å². The first-order valence-corrected chi connectivity index (χ1v) is 3.90. The molecule has 1 aliphatic rings. The van der Waals surface area contributed by atoms with Crippen molar-refractivity contribution in [2.75, 3.05) is 0 Å². The molecule has 0 amide bonds. The minimum Gasteiger partial charge on any atom is -0.385 e. The third-order valence-corrected chi connectivity index (χ3v) is 3.04. The zero-order chi connectivity index (χ0) is 7.94. The van der Waals surface area contributed by atoms with E-state index in [0.717, 1.165) is 0 Å². The van der Waals surface area contributed by atoms with E-state index in [0.29, 0.717) is 11.5 Å². The molecule has 0 aromatic heterocycles. The van der Waals surface area contributed by atoms with Crippen LogP contribution in [0.2, 0.25) is 0 Å². The summed E-state index contributed by atoms with van der Waals surface area (Å²) in [7, 11) is 0. The second-order valence-corrected chi connectivity index (χ2v) is 3.84. The van der Waals surface area contributed by atoms with E-state index in [4.69, 9.17) is 0 Å². The molecular weight excluding hydrogens is 122 g/mol. The molecule has 1 unspecified atom stereocenters. The molecule has 0 aromatic rings. The smallest absolute Gasteiger partial charge is 0.0318 e. The second-order valence-electron chi connectivity index (χ2n) is 3.84. The van der Waals surface area contributed by atoms with Crippen molar-refractivity contribution in [3.63, 3.8) is 0 Å². The van der Waals surface area contributed by atoms with Crippen molar-refractivity contribution in [2.24, 2.45) is 5.41 Å². The van der Waals surface area contributed by atoms with Crippen LogP contribution in [0.5, 0.6) is 0 Å². The molecule has 0 saturated heterocycles. The Balaban J connectivity index is 2.94. The highest BCUT2D eigenvalue weighted by atomic mass is 15.0. The van der Waals surface area contributed by atoms with E-state index in [-0.39, 0.29) is 0 Å². The van der Waals surface area contributed by atoms with E-state index in [1.165, 1.54) is 11.3 Å². The maximum atomic E-state index is 3.44. The van der Waals surface area contributed by atoms with Crippen LogP contribution in [0.15, 0.2) is 11.3 Å². The van der Waals surface area contributed by atoms with Crippen molar-refractivity contribution in [2.45, 2.75) is 40.7 Å². The molecule has 0 saturated carbocycles. The van der Waals surface area contributed by atoms with E-state index >= 15 is 0 Å². The molecule has 1 N–H and O–H groups in total. The first kappa shape index (κ1) is 7.64. The average molecular weight is 139 g/mol. The van der Waals surface area contributed by atoms with Crippen LogP contribution in [0.3, 0.4) is 0 Å². The maximum Gasteiger partial charge on any atom is 0.0318 e. The Labute approximate surface area is 63.5 Å². The van der Waals surface area contributed by atoms with E-state index in [1.807, 2.05) is 0 Å². The third kappa shape index (κ3) is 0.845. The predicted octanol–water partition coefficient (Wildman–Crippen LogP) is 2.30. The lowest BCUT2D eigenvalue weighted by Crippen LogP contribution is -2.31. The fraction of sp³-hybridized carbons (Fsp3) is 0.778. The predicted molar refractivity (Wildman–Crippen MR) is 44.8 cm³/mol. The maximum absolute atomic E-state index is 3.44. The fourth-order valence-electron chi connectivity index (χ4n) is 1.42. The molecule has 1 nitrogen and oxygen atoms in total. The molecule has 1 heterocycles. The summed E-state index contributed by atoms with van der Waals surface area (Å²) in [4.78, 5) is 0. The second kappa shape index (κ2) is 2.01. The summed E-state index contributed by atoms with van der Waals surface area (Å²) in [5, 5.41) is 3.44. The fourth-order valence-corrected chi connectivity index (χ4v) is 1.42. The van der Waals surface area contributed by atoms with Crippen LogP contribution in [0, 0.1) is 5.41 Å². The monoisotopic (exact) mass is 139 g/mol. The van der Waals surface area contributed by atoms with Gasteiger partial charge in [-0.2, -0.15) is 0 Å². The lowest BCUT2D eigenvalue weighted by molar-refractivity contribution is 0.367. The SMILES string of the molecule is CC1=C(C)C(C)(C)C(C)N1. The molecule has 0 bridgehead atoms. The molecule has 0 spiro atoms. The number of nitrogens with one attached hydrogen (secondary N) is 1. The molecule has 0 radical (unpaired) electrons. The van der Waals surface area contributed by atoms with Crippen molar-refractivity contribution in [1.82, 2.24) is 5.32 Å². The van der Waals surface area contributed by atoms with E-state index in [2.05, 4.69) is 39.9 Å². The number of hydrogen-bond acceptors (Lipinski definition) is 1. The Kier molecular flexibility index (Phi) is 1.54. The van der Waals surface area contributed by atoms with Crippen LogP contribution < -0.4 is 5.32 Å². The molecule has 58 valence electrons. The van der Waals surface area contributed by atoms with E-state index in [1.54, 1.807) is 0 Å². The summed E-state index contributed by atoms with van der Waals surface area (Å²) in [5.74, 6) is 0. The van der Waals surface area contributed by atoms with Crippen LogP contribution in [-0.2, 0) is 0 Å². The summed E-state index contributed by atoms with van der Waals surface area (Å²) in [6.45, 7) is 11.2. The molecule has 1 heteroatoms. The van der Waals surface area contributed by atoms with Gasteiger partial charge in [0.15, 0.2) is 0 Å². The summed E-state index contributed by atoms with van der Waals surface area (Å²) in [6.07, 6.45) is 0. The largest absolute Gasteiger partial charge is 0.385 e. The van der Waals surface area contributed by atoms with Gasteiger partial charge in [0.2, 0.25) is 0 Å². The minimum atomic E-state index is 0.351.